The third-order valence-corrected chi connectivity index (χ3v) is 16.2. The van der Waals surface area contributed by atoms with Crippen LogP contribution in [0.3, 0.4) is 0 Å². The largest absolute Gasteiger partial charge is 0.355 e. The third-order valence-electron chi connectivity index (χ3n) is 16.2. The molecular weight excluding hydrogens is 977 g/mol. The number of nitrogens with one attached hydrogen (secondary N) is 4. The summed E-state index contributed by atoms with van der Waals surface area (Å²) in [7, 11) is 0. The molecule has 4 aliphatic heterocycles. The molecule has 0 amide bonds. The summed E-state index contributed by atoms with van der Waals surface area (Å²) in [4.78, 5) is 37.2. The number of hydrogen-bond donors (Lipinski definition) is 4. The summed E-state index contributed by atoms with van der Waals surface area (Å²) >= 11 is 0. The minimum absolute atomic E-state index is 0.726. The zero-order chi connectivity index (χ0) is 55.0. The molecule has 8 heteroatoms. The van der Waals surface area contributed by atoms with Crippen LogP contribution < -0.4 is 0 Å². The highest BCUT2D eigenvalue weighted by Gasteiger charge is 2.27. The lowest BCUT2D eigenvalue weighted by Crippen LogP contribution is -1.95. The van der Waals surface area contributed by atoms with E-state index in [1.165, 1.54) is 44.5 Å². The molecule has 0 unspecified atom stereocenters. The van der Waals surface area contributed by atoms with E-state index in [1.54, 1.807) is 0 Å². The smallest absolute Gasteiger partial charge is 0.0851 e. The van der Waals surface area contributed by atoms with Crippen molar-refractivity contribution in [2.45, 2.75) is 107 Å². The monoisotopic (exact) mass is 1040 g/mol. The van der Waals surface area contributed by atoms with Crippen molar-refractivity contribution < 1.29 is 0 Å². The molecule has 4 aliphatic rings. The van der Waals surface area contributed by atoms with Crippen molar-refractivity contribution in [1.82, 2.24) is 39.9 Å². The molecule has 0 aliphatic carbocycles. The minimum Gasteiger partial charge on any atom is -0.355 e. The Labute approximate surface area is 469 Å². The molecule has 8 aromatic rings. The Balaban J connectivity index is 1.16. The first-order chi connectivity index (χ1) is 39.3. The van der Waals surface area contributed by atoms with Crippen molar-refractivity contribution in [2.24, 2.45) is 0 Å². The second-order valence-corrected chi connectivity index (χ2v) is 20.6. The van der Waals surface area contributed by atoms with E-state index < -0.39 is 0 Å². The number of aryl methyl sites for hydroxylation is 4. The summed E-state index contributed by atoms with van der Waals surface area (Å²) in [5.74, 6) is 14.1. The van der Waals surface area contributed by atoms with Crippen molar-refractivity contribution in [2.75, 3.05) is 0 Å². The Morgan fingerprint density at radius 2 is 0.800 bits per heavy atom. The average Bonchev–Trinajstić information content (AvgIpc) is 4.41. The van der Waals surface area contributed by atoms with Crippen LogP contribution in [-0.2, 0) is 25.7 Å². The molecule has 0 atom stereocenters. The zero-order valence-corrected chi connectivity index (χ0v) is 47.1. The maximum atomic E-state index is 5.64. The minimum atomic E-state index is 0.726. The molecule has 0 saturated heterocycles. The van der Waals surface area contributed by atoms with Gasteiger partial charge in [0.25, 0.3) is 0 Å². The van der Waals surface area contributed by atoms with Crippen LogP contribution in [0.5, 0.6) is 0 Å². The molecule has 0 fully saturated rings. The quantitative estimate of drug-likeness (QED) is 0.102. The number of rotatable bonds is 10. The summed E-state index contributed by atoms with van der Waals surface area (Å²) in [5.41, 5.74) is 31.0. The molecule has 6 aromatic heterocycles. The molecule has 10 heterocycles. The number of hydrogen-bond acceptors (Lipinski definition) is 4. The van der Waals surface area contributed by atoms with Gasteiger partial charge in [-0.2, -0.15) is 0 Å². The van der Waals surface area contributed by atoms with Crippen LogP contribution in [0.1, 0.15) is 160 Å². The number of H-pyrrole nitrogens is 4. The summed E-state index contributed by atoms with van der Waals surface area (Å²) in [6.07, 6.45) is 15.2. The zero-order valence-electron chi connectivity index (χ0n) is 47.1. The fourth-order valence-electron chi connectivity index (χ4n) is 12.6. The van der Waals surface area contributed by atoms with Crippen molar-refractivity contribution in [3.63, 3.8) is 0 Å². The molecule has 80 heavy (non-hydrogen) atoms. The standard InChI is InChI=1S/C72H66N8/c1-9-47-49(11-3)65-41-67-51(13-5)53(15-7)71(79-67)56(72-54(16-8)52(14-6)68(80-72)42-66-50(12-4)48(10-2)64(78-66)40-63(47)77-65)30-24-23-29-55-57-35-37-61(75-57)69(43-25-19-17-20-26-43)59-33-31-45(73-59)39-46-32-34-60(74-46)70(44-27-21-18-22-28-44)62-38-36-58(55)76-62/h17-22,25-28,31-42,73,75,77-78H,9-16H2,1-8H3. The molecule has 16 bridgehead atoms. The normalized spacial score (nSPS) is 12.8. The predicted octanol–water partition coefficient (Wildman–Crippen LogP) is 17.7. The van der Waals surface area contributed by atoms with Gasteiger partial charge in [0.05, 0.1) is 62.2 Å². The fraction of sp³-hybridized carbons (Fsp3) is 0.222. The summed E-state index contributed by atoms with van der Waals surface area (Å²) in [5, 5.41) is 0. The van der Waals surface area contributed by atoms with Crippen LogP contribution in [0, 0.1) is 23.7 Å². The summed E-state index contributed by atoms with van der Waals surface area (Å²) in [6, 6.07) is 38.4. The lowest BCUT2D eigenvalue weighted by atomic mass is 9.94. The molecule has 8 nitrogen and oxygen atoms in total. The van der Waals surface area contributed by atoms with Gasteiger partial charge in [0.1, 0.15) is 0 Å². The molecule has 0 spiro atoms. The van der Waals surface area contributed by atoms with E-state index in [1.807, 2.05) is 12.1 Å². The van der Waals surface area contributed by atoms with Gasteiger partial charge in [-0.15, -0.1) is 0 Å². The van der Waals surface area contributed by atoms with Gasteiger partial charge in [-0.25, -0.2) is 19.9 Å². The third kappa shape index (κ3) is 9.15. The Kier molecular flexibility index (Phi) is 14.1. The van der Waals surface area contributed by atoms with Gasteiger partial charge in [0.2, 0.25) is 0 Å². The van der Waals surface area contributed by atoms with Crippen LogP contribution in [0.2, 0.25) is 0 Å². The molecule has 394 valence electrons. The van der Waals surface area contributed by atoms with Gasteiger partial charge in [-0.05, 0) is 204 Å². The summed E-state index contributed by atoms with van der Waals surface area (Å²) < 4.78 is 0. The molecule has 4 N–H and O–H groups in total. The first kappa shape index (κ1) is 51.5. The van der Waals surface area contributed by atoms with Crippen molar-refractivity contribution >= 4 is 90.7 Å². The number of fused-ring (bicyclic) bond motifs is 16. The second kappa shape index (κ2) is 21.9. The average molecular weight is 1040 g/mol. The van der Waals surface area contributed by atoms with E-state index in [0.717, 1.165) is 174 Å². The van der Waals surface area contributed by atoms with Crippen LogP contribution in [0.25, 0.3) is 113 Å². The molecule has 2 aromatic carbocycles. The molecule has 0 saturated carbocycles. The van der Waals surface area contributed by atoms with Crippen LogP contribution in [-0.4, -0.2) is 39.9 Å². The number of benzene rings is 2. The Morgan fingerprint density at radius 1 is 0.350 bits per heavy atom. The number of aromatic nitrogens is 8. The first-order valence-electron chi connectivity index (χ1n) is 28.8. The van der Waals surface area contributed by atoms with Gasteiger partial charge in [0.15, 0.2) is 0 Å². The number of allylic oxidation sites excluding steroid dienone is 4. The maximum Gasteiger partial charge on any atom is 0.0851 e. The SMILES string of the molecule is CCC1=C(CC)c2nc1cc1[nH]c(cc3[nH]c(cc4nc(c2C#CC#Cc2c5nc(c(-c6ccccc6)c6nc(cc7ccc([nH]7)c(-c7ccccc7)c7ccc2[nH]7)C=C6)C=C5)C(CC)=C4CC)c(CC)c3CC)c(CC)c1CC. The van der Waals surface area contributed by atoms with E-state index in [0.29, 0.717) is 0 Å². The van der Waals surface area contributed by atoms with Crippen LogP contribution in [0.15, 0.2) is 109 Å². The van der Waals surface area contributed by atoms with Crippen LogP contribution >= 0.6 is 0 Å². The van der Waals surface area contributed by atoms with Crippen molar-refractivity contribution in [3.05, 3.63) is 188 Å². The molecule has 12 rings (SSSR count). The highest BCUT2D eigenvalue weighted by atomic mass is 14.8. The lowest BCUT2D eigenvalue weighted by molar-refractivity contribution is 1.07. The molecule has 0 radical (unpaired) electrons. The second-order valence-electron chi connectivity index (χ2n) is 20.6. The Bertz CT molecular complexity index is 4320. The Hall–Kier alpha value is -9.24. The highest BCUT2D eigenvalue weighted by Crippen LogP contribution is 2.42. The lowest BCUT2D eigenvalue weighted by Gasteiger charge is -2.08. The number of aromatic amines is 4. The van der Waals surface area contributed by atoms with Gasteiger partial charge in [0, 0.05) is 49.7 Å². The van der Waals surface area contributed by atoms with Gasteiger partial charge < -0.3 is 19.9 Å². The fourth-order valence-corrected chi connectivity index (χ4v) is 12.6. The number of nitrogens with zero attached hydrogens (tertiary/aromatic N) is 4. The van der Waals surface area contributed by atoms with Gasteiger partial charge >= 0.3 is 0 Å². The van der Waals surface area contributed by atoms with E-state index in [4.69, 9.17) is 19.9 Å². The van der Waals surface area contributed by atoms with Gasteiger partial charge in [-0.1, -0.05) is 116 Å². The van der Waals surface area contributed by atoms with E-state index in [9.17, 15) is 0 Å². The van der Waals surface area contributed by atoms with Crippen molar-refractivity contribution in [1.29, 1.82) is 0 Å². The maximum absolute atomic E-state index is 5.64. The molecular formula is C72H66N8. The van der Waals surface area contributed by atoms with Gasteiger partial charge in [-0.3, -0.25) is 0 Å². The van der Waals surface area contributed by atoms with Crippen molar-refractivity contribution in [3.8, 4) is 45.9 Å². The predicted molar refractivity (Wildman–Crippen MR) is 337 cm³/mol. The highest BCUT2D eigenvalue weighted by molar-refractivity contribution is 6.00. The van der Waals surface area contributed by atoms with E-state index in [2.05, 4.69) is 220 Å². The summed E-state index contributed by atoms with van der Waals surface area (Å²) in [6.45, 7) is 18.0. The van der Waals surface area contributed by atoms with E-state index >= 15 is 0 Å². The van der Waals surface area contributed by atoms with Crippen LogP contribution in [0.4, 0.5) is 0 Å². The topological polar surface area (TPSA) is 115 Å². The Morgan fingerprint density at radius 3 is 1.35 bits per heavy atom. The first-order valence-corrected chi connectivity index (χ1v) is 28.8. The van der Waals surface area contributed by atoms with E-state index in [-0.39, 0.29) is 0 Å².